The fourth-order valence-electron chi connectivity index (χ4n) is 2.92. The second-order valence-corrected chi connectivity index (χ2v) is 6.78. The highest BCUT2D eigenvalue weighted by molar-refractivity contribution is 6.31. The summed E-state index contributed by atoms with van der Waals surface area (Å²) in [6, 6.07) is 2.41. The summed E-state index contributed by atoms with van der Waals surface area (Å²) in [5, 5.41) is 2.35. The number of pyridine rings is 2. The summed E-state index contributed by atoms with van der Waals surface area (Å²) in [5.74, 6) is -0.453. The fourth-order valence-corrected chi connectivity index (χ4v) is 3.15. The van der Waals surface area contributed by atoms with E-state index in [1.807, 2.05) is 0 Å². The van der Waals surface area contributed by atoms with Crippen LogP contribution in [0.1, 0.15) is 34.5 Å². The lowest BCUT2D eigenvalue weighted by Crippen LogP contribution is -2.27. The summed E-state index contributed by atoms with van der Waals surface area (Å²) in [4.78, 5) is 33.8. The van der Waals surface area contributed by atoms with Crippen molar-refractivity contribution in [3.63, 3.8) is 0 Å². The monoisotopic (exact) mass is 444 g/mol. The van der Waals surface area contributed by atoms with Crippen molar-refractivity contribution in [3.05, 3.63) is 46.2 Å². The molecule has 1 N–H and O–H groups in total. The van der Waals surface area contributed by atoms with Crippen molar-refractivity contribution in [2.75, 3.05) is 19.0 Å². The molecule has 0 aliphatic carbocycles. The van der Waals surface area contributed by atoms with Gasteiger partial charge in [-0.05, 0) is 24.6 Å². The van der Waals surface area contributed by atoms with Gasteiger partial charge in [-0.25, -0.2) is 14.8 Å². The molecule has 1 aliphatic rings. The Kier molecular flexibility index (Phi) is 6.01. The van der Waals surface area contributed by atoms with Gasteiger partial charge in [0.1, 0.15) is 10.8 Å². The van der Waals surface area contributed by atoms with E-state index in [1.165, 1.54) is 36.5 Å². The molecular formula is C18H16ClF3N4O4. The van der Waals surface area contributed by atoms with Gasteiger partial charge in [0, 0.05) is 23.5 Å². The van der Waals surface area contributed by atoms with Gasteiger partial charge < -0.3 is 14.4 Å². The average molecular weight is 445 g/mol. The molecule has 1 atom stereocenters. The van der Waals surface area contributed by atoms with Crippen molar-refractivity contribution in [1.82, 2.24) is 14.9 Å². The summed E-state index contributed by atoms with van der Waals surface area (Å²) < 4.78 is 46.1. The number of rotatable bonds is 5. The van der Waals surface area contributed by atoms with Crippen LogP contribution in [0.2, 0.25) is 5.02 Å². The topological polar surface area (TPSA) is 93.7 Å². The van der Waals surface area contributed by atoms with E-state index in [1.54, 1.807) is 6.92 Å². The minimum Gasteiger partial charge on any atom is -0.467 e. The molecule has 0 fully saturated rings. The standard InChI is InChI=1S/C18H16ClF3N4O4/c1-9(10-5-13(19)15(24-6-10)30-8-18(20,21)22)26-7-12-11(16(26)27)3-4-23-14(12)25-17(28)29-2/h3-6,9H,7-8H2,1-2H3,(H,23,25,28). The number of hydrogen-bond donors (Lipinski definition) is 1. The van der Waals surface area contributed by atoms with E-state index in [0.717, 1.165) is 0 Å². The molecule has 0 radical (unpaired) electrons. The summed E-state index contributed by atoms with van der Waals surface area (Å²) in [7, 11) is 1.21. The Labute approximate surface area is 174 Å². The van der Waals surface area contributed by atoms with Crippen LogP contribution in [0.25, 0.3) is 0 Å². The van der Waals surface area contributed by atoms with Gasteiger partial charge in [-0.15, -0.1) is 0 Å². The highest BCUT2D eigenvalue weighted by Gasteiger charge is 2.34. The molecule has 3 heterocycles. The molecule has 30 heavy (non-hydrogen) atoms. The first-order chi connectivity index (χ1) is 14.1. The van der Waals surface area contributed by atoms with Crippen molar-refractivity contribution >= 4 is 29.4 Å². The van der Waals surface area contributed by atoms with E-state index in [-0.39, 0.29) is 29.2 Å². The van der Waals surface area contributed by atoms with E-state index in [0.29, 0.717) is 16.7 Å². The molecule has 0 saturated carbocycles. The minimum absolute atomic E-state index is 0.109. The Hall–Kier alpha value is -3.08. The van der Waals surface area contributed by atoms with Crippen LogP contribution in [0.4, 0.5) is 23.8 Å². The predicted octanol–water partition coefficient (Wildman–Crippen LogP) is 3.97. The number of amides is 2. The maximum atomic E-state index is 12.8. The molecule has 0 aromatic carbocycles. The number of carbonyl (C=O) groups is 2. The minimum atomic E-state index is -4.52. The van der Waals surface area contributed by atoms with E-state index in [9.17, 15) is 22.8 Å². The van der Waals surface area contributed by atoms with Crippen molar-refractivity contribution in [2.45, 2.75) is 25.7 Å². The van der Waals surface area contributed by atoms with E-state index < -0.39 is 24.9 Å². The van der Waals surface area contributed by atoms with Crippen LogP contribution in [-0.4, -0.2) is 46.8 Å². The zero-order chi connectivity index (χ0) is 22.1. The number of ether oxygens (including phenoxy) is 2. The molecule has 0 bridgehead atoms. The van der Waals surface area contributed by atoms with Crippen LogP contribution in [0.15, 0.2) is 24.5 Å². The van der Waals surface area contributed by atoms with Crippen molar-refractivity contribution in [3.8, 4) is 5.88 Å². The van der Waals surface area contributed by atoms with Gasteiger partial charge in [0.2, 0.25) is 5.88 Å². The number of anilines is 1. The quantitative estimate of drug-likeness (QED) is 0.750. The molecule has 2 aromatic heterocycles. The number of methoxy groups -OCH3 is 1. The first kappa shape index (κ1) is 21.6. The maximum Gasteiger partial charge on any atom is 0.422 e. The maximum absolute atomic E-state index is 12.8. The molecule has 12 heteroatoms. The van der Waals surface area contributed by atoms with Gasteiger partial charge in [-0.3, -0.25) is 10.1 Å². The number of halogens is 4. The number of fused-ring (bicyclic) bond motifs is 1. The number of nitrogens with zero attached hydrogens (tertiary/aromatic N) is 3. The Balaban J connectivity index is 1.80. The zero-order valence-corrected chi connectivity index (χ0v) is 16.5. The lowest BCUT2D eigenvalue weighted by molar-refractivity contribution is -0.154. The van der Waals surface area contributed by atoms with E-state index in [2.05, 4.69) is 24.8 Å². The third-order valence-electron chi connectivity index (χ3n) is 4.43. The second kappa shape index (κ2) is 8.34. The van der Waals surface area contributed by atoms with Crippen LogP contribution in [0.5, 0.6) is 5.88 Å². The highest BCUT2D eigenvalue weighted by Crippen LogP contribution is 2.35. The molecule has 0 spiro atoms. The van der Waals surface area contributed by atoms with Gasteiger partial charge in [0.15, 0.2) is 6.61 Å². The van der Waals surface area contributed by atoms with Crippen LogP contribution < -0.4 is 10.1 Å². The number of nitrogens with one attached hydrogen (secondary N) is 1. The van der Waals surface area contributed by atoms with Gasteiger partial charge in [-0.2, -0.15) is 13.2 Å². The van der Waals surface area contributed by atoms with Crippen LogP contribution >= 0.6 is 11.6 Å². The van der Waals surface area contributed by atoms with Crippen molar-refractivity contribution < 1.29 is 32.2 Å². The molecule has 8 nitrogen and oxygen atoms in total. The zero-order valence-electron chi connectivity index (χ0n) is 15.8. The Bertz CT molecular complexity index is 986. The molecule has 2 aromatic rings. The van der Waals surface area contributed by atoms with Crippen molar-refractivity contribution in [1.29, 1.82) is 0 Å². The summed E-state index contributed by atoms with van der Waals surface area (Å²) in [6.45, 7) is 0.345. The molecule has 0 saturated heterocycles. The molecular weight excluding hydrogens is 429 g/mol. The van der Waals surface area contributed by atoms with E-state index in [4.69, 9.17) is 11.6 Å². The Morgan fingerprint density at radius 1 is 1.40 bits per heavy atom. The summed E-state index contributed by atoms with van der Waals surface area (Å²) >= 11 is 6.00. The average Bonchev–Trinajstić information content (AvgIpc) is 3.03. The largest absolute Gasteiger partial charge is 0.467 e. The van der Waals surface area contributed by atoms with Crippen molar-refractivity contribution in [2.24, 2.45) is 0 Å². The normalized spacial score (nSPS) is 14.3. The highest BCUT2D eigenvalue weighted by atomic mass is 35.5. The first-order valence-corrected chi connectivity index (χ1v) is 8.97. The van der Waals surface area contributed by atoms with Gasteiger partial charge in [-0.1, -0.05) is 11.6 Å². The molecule has 1 unspecified atom stereocenters. The summed E-state index contributed by atoms with van der Waals surface area (Å²) in [5.41, 5.74) is 1.38. The smallest absolute Gasteiger partial charge is 0.422 e. The van der Waals surface area contributed by atoms with Crippen LogP contribution in [0.3, 0.4) is 0 Å². The molecule has 3 rings (SSSR count). The van der Waals surface area contributed by atoms with Gasteiger partial charge in [0.05, 0.1) is 19.7 Å². The third kappa shape index (κ3) is 4.56. The molecule has 160 valence electrons. The first-order valence-electron chi connectivity index (χ1n) is 8.59. The second-order valence-electron chi connectivity index (χ2n) is 6.37. The van der Waals surface area contributed by atoms with Crippen LogP contribution in [0, 0.1) is 0 Å². The SMILES string of the molecule is COC(=O)Nc1nccc2c1CN(C(C)c1cnc(OCC(F)(F)F)c(Cl)c1)C2=O. The van der Waals surface area contributed by atoms with Gasteiger partial charge in [0.25, 0.3) is 5.91 Å². The number of aromatic nitrogens is 2. The van der Waals surface area contributed by atoms with E-state index >= 15 is 0 Å². The Morgan fingerprint density at radius 2 is 2.13 bits per heavy atom. The van der Waals surface area contributed by atoms with Gasteiger partial charge >= 0.3 is 12.3 Å². The number of hydrogen-bond acceptors (Lipinski definition) is 6. The Morgan fingerprint density at radius 3 is 2.77 bits per heavy atom. The lowest BCUT2D eigenvalue weighted by Gasteiger charge is -2.25. The fraction of sp³-hybridized carbons (Fsp3) is 0.333. The summed E-state index contributed by atoms with van der Waals surface area (Å²) in [6.07, 6.45) is -2.55. The number of carbonyl (C=O) groups excluding carboxylic acids is 2. The molecule has 1 aliphatic heterocycles. The lowest BCUT2D eigenvalue weighted by atomic mass is 10.1. The third-order valence-corrected chi connectivity index (χ3v) is 4.70. The predicted molar refractivity (Wildman–Crippen MR) is 99.4 cm³/mol. The molecule has 2 amide bonds. The van der Waals surface area contributed by atoms with Crippen LogP contribution in [-0.2, 0) is 11.3 Å². The number of alkyl halides is 3.